The summed E-state index contributed by atoms with van der Waals surface area (Å²) >= 11 is 0. The molecule has 1 aliphatic heterocycles. The van der Waals surface area contributed by atoms with Gasteiger partial charge < -0.3 is 19.9 Å². The predicted molar refractivity (Wildman–Crippen MR) is 89.5 cm³/mol. The van der Waals surface area contributed by atoms with Crippen LogP contribution in [-0.4, -0.2) is 44.1 Å². The van der Waals surface area contributed by atoms with Crippen molar-refractivity contribution in [3.8, 4) is 5.75 Å². The fourth-order valence-electron chi connectivity index (χ4n) is 2.75. The third kappa shape index (κ3) is 3.53. The van der Waals surface area contributed by atoms with Gasteiger partial charge in [0.1, 0.15) is 17.5 Å². The number of urea groups is 1. The van der Waals surface area contributed by atoms with Crippen LogP contribution < -0.4 is 15.0 Å². The van der Waals surface area contributed by atoms with Gasteiger partial charge in [0.15, 0.2) is 5.82 Å². The molecule has 0 aliphatic carbocycles. The highest BCUT2D eigenvalue weighted by Crippen LogP contribution is 2.40. The fourth-order valence-corrected chi connectivity index (χ4v) is 2.75. The van der Waals surface area contributed by atoms with Crippen LogP contribution in [0.4, 0.5) is 14.9 Å². The van der Waals surface area contributed by atoms with Crippen molar-refractivity contribution in [2.45, 2.75) is 38.8 Å². The molecule has 1 aromatic carbocycles. The second-order valence-electron chi connectivity index (χ2n) is 6.81. The van der Waals surface area contributed by atoms with Crippen LogP contribution in [0.2, 0.25) is 0 Å². The number of rotatable bonds is 3. The van der Waals surface area contributed by atoms with E-state index in [1.807, 2.05) is 20.8 Å². The average molecular weight is 354 g/mol. The van der Waals surface area contributed by atoms with Crippen molar-refractivity contribution in [1.82, 2.24) is 5.32 Å². The van der Waals surface area contributed by atoms with Gasteiger partial charge >= 0.3 is 12.0 Å². The highest BCUT2D eigenvalue weighted by molar-refractivity contribution is 5.98. The number of hydrogen-bond acceptors (Lipinski definition) is 5. The zero-order valence-electron chi connectivity index (χ0n) is 15.0. The Labute approximate surface area is 145 Å². The monoisotopic (exact) mass is 354 g/mol. The van der Waals surface area contributed by atoms with Crippen molar-refractivity contribution in [2.75, 3.05) is 25.7 Å². The molecule has 0 bridgehead atoms. The highest BCUT2D eigenvalue weighted by Gasteiger charge is 2.34. The van der Waals surface area contributed by atoms with Crippen LogP contribution >= 0.6 is 0 Å². The van der Waals surface area contributed by atoms with Crippen LogP contribution in [0.15, 0.2) is 6.07 Å². The van der Waals surface area contributed by atoms with E-state index in [9.17, 15) is 14.7 Å². The van der Waals surface area contributed by atoms with Gasteiger partial charge in [-0.05, 0) is 11.5 Å². The zero-order valence-corrected chi connectivity index (χ0v) is 15.0. The summed E-state index contributed by atoms with van der Waals surface area (Å²) in [5.74, 6) is -1.71. The first kappa shape index (κ1) is 19.0. The highest BCUT2D eigenvalue weighted by atomic mass is 19.1. The number of amides is 2. The fraction of sp³-hybridized carbons (Fsp3) is 0.529. The van der Waals surface area contributed by atoms with E-state index in [-0.39, 0.29) is 30.0 Å². The summed E-state index contributed by atoms with van der Waals surface area (Å²) in [5.41, 5.74) is -0.338. The molecular formula is C17H23FN2O5. The number of esters is 1. The number of anilines is 1. The van der Waals surface area contributed by atoms with Crippen molar-refractivity contribution in [3.63, 3.8) is 0 Å². The summed E-state index contributed by atoms with van der Waals surface area (Å²) in [4.78, 5) is 25.5. The Balaban J connectivity index is 2.72. The number of ether oxygens (including phenoxy) is 2. The molecule has 2 rings (SSSR count). The molecule has 1 saturated heterocycles. The molecule has 0 saturated carbocycles. The molecule has 0 spiro atoms. The Bertz CT molecular complexity index is 699. The van der Waals surface area contributed by atoms with Crippen molar-refractivity contribution < 1.29 is 28.6 Å². The quantitative estimate of drug-likeness (QED) is 0.812. The van der Waals surface area contributed by atoms with E-state index in [2.05, 4.69) is 5.32 Å². The van der Waals surface area contributed by atoms with E-state index in [0.29, 0.717) is 5.56 Å². The third-order valence-corrected chi connectivity index (χ3v) is 4.05. The first-order valence-corrected chi connectivity index (χ1v) is 7.87. The minimum Gasteiger partial charge on any atom is -0.495 e. The van der Waals surface area contributed by atoms with Gasteiger partial charge in [-0.25, -0.2) is 14.0 Å². The minimum atomic E-state index is -0.979. The first-order valence-electron chi connectivity index (χ1n) is 7.87. The number of hydrogen-bond donors (Lipinski definition) is 2. The molecule has 0 radical (unpaired) electrons. The van der Waals surface area contributed by atoms with Crippen LogP contribution in [0.5, 0.6) is 5.75 Å². The molecule has 8 heteroatoms. The summed E-state index contributed by atoms with van der Waals surface area (Å²) in [5, 5.41) is 11.8. The van der Waals surface area contributed by atoms with Crippen LogP contribution in [0, 0.1) is 5.82 Å². The molecule has 1 aliphatic rings. The molecule has 1 fully saturated rings. The first-order chi connectivity index (χ1) is 11.6. The number of carbonyl (C=O) groups is 2. The van der Waals surface area contributed by atoms with E-state index < -0.39 is 29.5 Å². The lowest BCUT2D eigenvalue weighted by atomic mass is 9.84. The molecule has 2 N–H and O–H groups in total. The number of methoxy groups -OCH3 is 2. The Kier molecular flexibility index (Phi) is 5.22. The maximum atomic E-state index is 15.1. The lowest BCUT2D eigenvalue weighted by molar-refractivity contribution is 0.0591. The second-order valence-corrected chi connectivity index (χ2v) is 6.81. The van der Waals surface area contributed by atoms with Crippen molar-refractivity contribution in [1.29, 1.82) is 0 Å². The maximum absolute atomic E-state index is 15.1. The average Bonchev–Trinajstić information content (AvgIpc) is 2.53. The van der Waals surface area contributed by atoms with Gasteiger partial charge in [0.25, 0.3) is 0 Å². The van der Waals surface area contributed by atoms with Gasteiger partial charge in [-0.3, -0.25) is 4.90 Å². The Hall–Kier alpha value is -2.35. The number of aliphatic hydroxyl groups is 1. The van der Waals surface area contributed by atoms with Gasteiger partial charge in [0, 0.05) is 18.5 Å². The van der Waals surface area contributed by atoms with Gasteiger partial charge in [-0.1, -0.05) is 20.8 Å². The van der Waals surface area contributed by atoms with E-state index >= 15 is 4.39 Å². The SMILES string of the molecule is COC(=O)c1c(F)c(N2CCC(O)NC2=O)cc(C(C)(C)C)c1OC. The van der Waals surface area contributed by atoms with Crippen LogP contribution in [0.1, 0.15) is 43.1 Å². The van der Waals surface area contributed by atoms with E-state index in [1.54, 1.807) is 0 Å². The summed E-state index contributed by atoms with van der Waals surface area (Å²) < 4.78 is 25.1. The largest absolute Gasteiger partial charge is 0.495 e. The summed E-state index contributed by atoms with van der Waals surface area (Å²) in [6.07, 6.45) is -0.748. The summed E-state index contributed by atoms with van der Waals surface area (Å²) in [6, 6.07) is 0.858. The molecule has 7 nitrogen and oxygen atoms in total. The number of nitrogens with one attached hydrogen (secondary N) is 1. The number of carbonyl (C=O) groups excluding carboxylic acids is 2. The van der Waals surface area contributed by atoms with E-state index in [0.717, 1.165) is 12.0 Å². The Morgan fingerprint density at radius 3 is 2.52 bits per heavy atom. The van der Waals surface area contributed by atoms with Gasteiger partial charge in [0.05, 0.1) is 19.9 Å². The Morgan fingerprint density at radius 2 is 2.04 bits per heavy atom. The number of benzene rings is 1. The topological polar surface area (TPSA) is 88.1 Å². The van der Waals surface area contributed by atoms with E-state index in [1.165, 1.54) is 13.2 Å². The second kappa shape index (κ2) is 6.87. The standard InChI is InChI=1S/C17H23FN2O5/c1-17(2,3)9-8-10(20-7-6-11(21)19-16(20)23)13(18)12(14(9)24-4)15(22)25-5/h8,11,21H,6-7H2,1-5H3,(H,19,23). The molecular weight excluding hydrogens is 331 g/mol. The number of aliphatic hydroxyl groups excluding tert-OH is 1. The predicted octanol–water partition coefficient (Wildman–Crippen LogP) is 2.16. The Morgan fingerprint density at radius 1 is 1.40 bits per heavy atom. The van der Waals surface area contributed by atoms with Crippen LogP contribution in [0.3, 0.4) is 0 Å². The molecule has 1 heterocycles. The lowest BCUT2D eigenvalue weighted by Crippen LogP contribution is -2.52. The molecule has 2 amide bonds. The summed E-state index contributed by atoms with van der Waals surface area (Å²) in [6.45, 7) is 5.76. The lowest BCUT2D eigenvalue weighted by Gasteiger charge is -2.33. The maximum Gasteiger partial charge on any atom is 0.344 e. The molecule has 1 atom stereocenters. The molecule has 0 aromatic heterocycles. The van der Waals surface area contributed by atoms with Gasteiger partial charge in [-0.2, -0.15) is 0 Å². The molecule has 25 heavy (non-hydrogen) atoms. The van der Waals surface area contributed by atoms with Crippen molar-refractivity contribution in [3.05, 3.63) is 23.0 Å². The van der Waals surface area contributed by atoms with E-state index in [4.69, 9.17) is 9.47 Å². The van der Waals surface area contributed by atoms with Gasteiger partial charge in [0.2, 0.25) is 0 Å². The zero-order chi connectivity index (χ0) is 18.9. The van der Waals surface area contributed by atoms with Crippen LogP contribution in [-0.2, 0) is 10.2 Å². The molecule has 1 aromatic rings. The molecule has 138 valence electrons. The van der Waals surface area contributed by atoms with Crippen LogP contribution in [0.25, 0.3) is 0 Å². The van der Waals surface area contributed by atoms with Crippen molar-refractivity contribution in [2.24, 2.45) is 0 Å². The smallest absolute Gasteiger partial charge is 0.344 e. The third-order valence-electron chi connectivity index (χ3n) is 4.05. The van der Waals surface area contributed by atoms with Gasteiger partial charge in [-0.15, -0.1) is 0 Å². The minimum absolute atomic E-state index is 0.0597. The molecule has 1 unspecified atom stereocenters. The summed E-state index contributed by atoms with van der Waals surface area (Å²) in [7, 11) is 2.49. The normalized spacial score (nSPS) is 18.0. The number of nitrogens with zero attached hydrogens (tertiary/aromatic N) is 1. The number of halogens is 1. The van der Waals surface area contributed by atoms with Crippen molar-refractivity contribution >= 4 is 17.7 Å².